The van der Waals surface area contributed by atoms with Gasteiger partial charge in [0, 0.05) is 29.4 Å². The number of amides is 2. The smallest absolute Gasteiger partial charge is 0.246 e. The minimum Gasteiger partial charge on any atom is -0.390 e. The van der Waals surface area contributed by atoms with Crippen molar-refractivity contribution in [1.29, 1.82) is 5.26 Å². The van der Waals surface area contributed by atoms with Crippen molar-refractivity contribution in [2.45, 2.75) is 70.7 Å². The second-order valence-corrected chi connectivity index (χ2v) is 9.58. The third-order valence-electron chi connectivity index (χ3n) is 6.04. The standard InChI is InChI=1S/C23H28N4O3/c1-12(2)7-18-20-15(14-6-5-13(11-24)8-16(14)25-20)9-19-21(28)26-17(10-23(3,4)30)22(29)27(18)19/h5-6,8,12,17-19,25,30H,7,9-10H2,1-4H3,(H,26,28). The number of fused-ring (bicyclic) bond motifs is 4. The van der Waals surface area contributed by atoms with Gasteiger partial charge in [-0.15, -0.1) is 0 Å². The summed E-state index contributed by atoms with van der Waals surface area (Å²) >= 11 is 0. The van der Waals surface area contributed by atoms with E-state index < -0.39 is 17.7 Å². The number of rotatable bonds is 4. The topological polar surface area (TPSA) is 109 Å². The Balaban J connectivity index is 1.82. The molecular weight excluding hydrogens is 380 g/mol. The van der Waals surface area contributed by atoms with E-state index in [-0.39, 0.29) is 24.3 Å². The largest absolute Gasteiger partial charge is 0.390 e. The lowest BCUT2D eigenvalue weighted by Gasteiger charge is -2.47. The van der Waals surface area contributed by atoms with Gasteiger partial charge in [0.2, 0.25) is 11.8 Å². The number of carbonyl (C=O) groups excluding carboxylic acids is 2. The second kappa shape index (κ2) is 7.13. The van der Waals surface area contributed by atoms with Crippen LogP contribution in [0.2, 0.25) is 0 Å². The molecule has 158 valence electrons. The van der Waals surface area contributed by atoms with E-state index in [9.17, 15) is 20.0 Å². The first-order valence-corrected chi connectivity index (χ1v) is 10.5. The molecule has 1 fully saturated rings. The van der Waals surface area contributed by atoms with Crippen LogP contribution >= 0.6 is 0 Å². The van der Waals surface area contributed by atoms with Gasteiger partial charge < -0.3 is 20.3 Å². The van der Waals surface area contributed by atoms with E-state index in [1.165, 1.54) is 0 Å². The van der Waals surface area contributed by atoms with Crippen LogP contribution < -0.4 is 5.32 Å². The van der Waals surface area contributed by atoms with Gasteiger partial charge in [0.15, 0.2) is 0 Å². The molecule has 4 rings (SSSR count). The van der Waals surface area contributed by atoms with Crippen molar-refractivity contribution >= 4 is 22.7 Å². The van der Waals surface area contributed by atoms with E-state index in [1.807, 2.05) is 12.1 Å². The van der Waals surface area contributed by atoms with Crippen LogP contribution in [0.1, 0.15) is 63.4 Å². The van der Waals surface area contributed by atoms with Gasteiger partial charge in [-0.05, 0) is 43.9 Å². The molecule has 0 spiro atoms. The van der Waals surface area contributed by atoms with Gasteiger partial charge in [0.1, 0.15) is 12.1 Å². The molecule has 2 aliphatic rings. The Bertz CT molecular complexity index is 1060. The first-order valence-electron chi connectivity index (χ1n) is 10.5. The van der Waals surface area contributed by atoms with Crippen LogP contribution in [0.25, 0.3) is 10.9 Å². The van der Waals surface area contributed by atoms with Crippen molar-refractivity contribution in [1.82, 2.24) is 15.2 Å². The van der Waals surface area contributed by atoms with E-state index in [4.69, 9.17) is 0 Å². The number of piperazine rings is 1. The number of hydrogen-bond donors (Lipinski definition) is 3. The van der Waals surface area contributed by atoms with Crippen molar-refractivity contribution in [2.75, 3.05) is 0 Å². The van der Waals surface area contributed by atoms with Gasteiger partial charge in [-0.25, -0.2) is 0 Å². The molecule has 2 amide bonds. The van der Waals surface area contributed by atoms with Crippen LogP contribution in [0, 0.1) is 17.2 Å². The SMILES string of the molecule is CC(C)CC1c2[nH]c3cc(C#N)ccc3c2CC2C(=O)NC(CC(C)(C)O)C(=O)N21. The predicted molar refractivity (Wildman–Crippen MR) is 112 cm³/mol. The summed E-state index contributed by atoms with van der Waals surface area (Å²) in [6.45, 7) is 7.48. The molecule has 2 aliphatic heterocycles. The molecule has 1 aromatic carbocycles. The zero-order valence-electron chi connectivity index (χ0n) is 17.8. The minimum absolute atomic E-state index is 0.144. The number of aliphatic hydroxyl groups is 1. The van der Waals surface area contributed by atoms with Crippen molar-refractivity contribution < 1.29 is 14.7 Å². The summed E-state index contributed by atoms with van der Waals surface area (Å²) in [5.41, 5.74) is 2.36. The molecule has 3 N–H and O–H groups in total. The molecule has 0 aliphatic carbocycles. The molecule has 0 radical (unpaired) electrons. The quantitative estimate of drug-likeness (QED) is 0.722. The fraction of sp³-hybridized carbons (Fsp3) is 0.522. The third-order valence-corrected chi connectivity index (χ3v) is 6.04. The number of nitrogens with one attached hydrogen (secondary N) is 2. The van der Waals surface area contributed by atoms with E-state index >= 15 is 0 Å². The van der Waals surface area contributed by atoms with Gasteiger partial charge in [0.05, 0.1) is 23.3 Å². The maximum atomic E-state index is 13.4. The summed E-state index contributed by atoms with van der Waals surface area (Å²) < 4.78 is 0. The molecule has 0 saturated carbocycles. The van der Waals surface area contributed by atoms with Crippen molar-refractivity contribution in [2.24, 2.45) is 5.92 Å². The molecule has 7 heteroatoms. The normalized spacial score (nSPS) is 23.9. The molecule has 3 heterocycles. The van der Waals surface area contributed by atoms with Gasteiger partial charge in [0.25, 0.3) is 0 Å². The number of benzene rings is 1. The lowest BCUT2D eigenvalue weighted by atomic mass is 9.84. The average molecular weight is 409 g/mol. The van der Waals surface area contributed by atoms with Gasteiger partial charge in [-0.1, -0.05) is 19.9 Å². The molecule has 7 nitrogen and oxygen atoms in total. The van der Waals surface area contributed by atoms with Crippen LogP contribution in [-0.4, -0.2) is 44.5 Å². The minimum atomic E-state index is -1.07. The number of carbonyl (C=O) groups is 2. The summed E-state index contributed by atoms with van der Waals surface area (Å²) in [6.07, 6.45) is 1.32. The van der Waals surface area contributed by atoms with Crippen LogP contribution in [0.4, 0.5) is 0 Å². The number of aromatic amines is 1. The molecule has 3 unspecified atom stereocenters. The Labute approximate surface area is 176 Å². The van der Waals surface area contributed by atoms with Crippen molar-refractivity contribution in [3.8, 4) is 6.07 Å². The van der Waals surface area contributed by atoms with Crippen LogP contribution in [0.5, 0.6) is 0 Å². The Morgan fingerprint density at radius 1 is 1.33 bits per heavy atom. The average Bonchev–Trinajstić information content (AvgIpc) is 3.02. The van der Waals surface area contributed by atoms with Crippen molar-refractivity contribution in [3.05, 3.63) is 35.0 Å². The maximum absolute atomic E-state index is 13.4. The number of aromatic nitrogens is 1. The lowest BCUT2D eigenvalue weighted by molar-refractivity contribution is -0.155. The maximum Gasteiger partial charge on any atom is 0.246 e. The highest BCUT2D eigenvalue weighted by Gasteiger charge is 2.49. The summed E-state index contributed by atoms with van der Waals surface area (Å²) in [6, 6.07) is 6.13. The molecule has 1 aromatic heterocycles. The van der Waals surface area contributed by atoms with Crippen molar-refractivity contribution in [3.63, 3.8) is 0 Å². The van der Waals surface area contributed by atoms with Crippen LogP contribution in [-0.2, 0) is 16.0 Å². The molecule has 3 atom stereocenters. The molecule has 30 heavy (non-hydrogen) atoms. The third kappa shape index (κ3) is 3.46. The molecule has 1 saturated heterocycles. The number of H-pyrrole nitrogens is 1. The summed E-state index contributed by atoms with van der Waals surface area (Å²) in [5.74, 6) is -0.00570. The van der Waals surface area contributed by atoms with E-state index in [0.29, 0.717) is 17.9 Å². The Kier molecular flexibility index (Phi) is 4.86. The second-order valence-electron chi connectivity index (χ2n) is 9.58. The highest BCUT2D eigenvalue weighted by atomic mass is 16.3. The zero-order chi connectivity index (χ0) is 21.8. The Hall–Kier alpha value is -2.85. The van der Waals surface area contributed by atoms with Gasteiger partial charge in [-0.2, -0.15) is 5.26 Å². The molecule has 0 bridgehead atoms. The highest BCUT2D eigenvalue weighted by molar-refractivity contribution is 5.99. The van der Waals surface area contributed by atoms with Gasteiger partial charge >= 0.3 is 0 Å². The van der Waals surface area contributed by atoms with E-state index in [0.717, 1.165) is 28.6 Å². The lowest BCUT2D eigenvalue weighted by Crippen LogP contribution is -2.66. The Morgan fingerprint density at radius 3 is 2.70 bits per heavy atom. The van der Waals surface area contributed by atoms with Gasteiger partial charge in [-0.3, -0.25) is 9.59 Å². The first-order chi connectivity index (χ1) is 14.1. The molecular formula is C23H28N4O3. The van der Waals surface area contributed by atoms with Crippen LogP contribution in [0.3, 0.4) is 0 Å². The Morgan fingerprint density at radius 2 is 2.07 bits per heavy atom. The summed E-state index contributed by atoms with van der Waals surface area (Å²) in [7, 11) is 0. The summed E-state index contributed by atoms with van der Waals surface area (Å²) in [4.78, 5) is 31.7. The first kappa shape index (κ1) is 20.4. The number of nitrogens with zero attached hydrogens (tertiary/aromatic N) is 2. The van der Waals surface area contributed by atoms with E-state index in [1.54, 1.807) is 24.8 Å². The van der Waals surface area contributed by atoms with Crippen LogP contribution in [0.15, 0.2) is 18.2 Å². The fourth-order valence-electron chi connectivity index (χ4n) is 4.85. The summed E-state index contributed by atoms with van der Waals surface area (Å²) in [5, 5.41) is 23.3. The molecule has 2 aromatic rings. The van der Waals surface area contributed by atoms with E-state index in [2.05, 4.69) is 30.2 Å². The number of nitriles is 1. The highest BCUT2D eigenvalue weighted by Crippen LogP contribution is 2.42. The fourth-order valence-corrected chi connectivity index (χ4v) is 4.85. The predicted octanol–water partition coefficient (Wildman–Crippen LogP) is 2.54. The zero-order valence-corrected chi connectivity index (χ0v) is 17.8. The monoisotopic (exact) mass is 408 g/mol. The number of hydrogen-bond acceptors (Lipinski definition) is 4.